The number of allylic oxidation sites excluding steroid dienone is 4. The summed E-state index contributed by atoms with van der Waals surface area (Å²) in [5.74, 6) is 12.9. The second-order valence-corrected chi connectivity index (χ2v) is 26.0. The first-order chi connectivity index (χ1) is 28.2. The molecule has 336 valence electrons. The lowest BCUT2D eigenvalue weighted by atomic mass is 9.46. The lowest BCUT2D eigenvalue weighted by molar-refractivity contribution is -0.0555. The van der Waals surface area contributed by atoms with E-state index in [1.807, 2.05) is 11.1 Å². The van der Waals surface area contributed by atoms with Crippen LogP contribution in [0.25, 0.3) is 0 Å². The molecule has 8 aliphatic rings. The average Bonchev–Trinajstić information content (AvgIpc) is 3.74. The highest BCUT2D eigenvalue weighted by molar-refractivity contribution is 5.27. The van der Waals surface area contributed by atoms with Crippen LogP contribution in [-0.2, 0) is 4.74 Å². The molecule has 16 atom stereocenters. The maximum atomic E-state index is 6.59. The first-order valence-electron chi connectivity index (χ1n) is 27.1. The zero-order valence-corrected chi connectivity index (χ0v) is 41.0. The van der Waals surface area contributed by atoms with Gasteiger partial charge in [0, 0.05) is 13.2 Å². The Balaban J connectivity index is 0.775. The highest BCUT2D eigenvalue weighted by atomic mass is 16.5. The van der Waals surface area contributed by atoms with Crippen LogP contribution in [0.5, 0.6) is 0 Å². The number of ether oxygens (including phenoxy) is 1. The Labute approximate surface area is 367 Å². The van der Waals surface area contributed by atoms with E-state index in [-0.39, 0.29) is 0 Å². The predicted octanol–water partition coefficient (Wildman–Crippen LogP) is 17.1. The van der Waals surface area contributed by atoms with Gasteiger partial charge in [-0.25, -0.2) is 0 Å². The summed E-state index contributed by atoms with van der Waals surface area (Å²) < 4.78 is 6.59. The van der Waals surface area contributed by atoms with E-state index in [4.69, 9.17) is 4.74 Å². The predicted molar refractivity (Wildman–Crippen MR) is 253 cm³/mol. The Morgan fingerprint density at radius 2 is 1.00 bits per heavy atom. The molecule has 0 bridgehead atoms. The minimum Gasteiger partial charge on any atom is -0.381 e. The molecule has 0 heterocycles. The molecule has 59 heavy (non-hydrogen) atoms. The summed E-state index contributed by atoms with van der Waals surface area (Å²) in [7, 11) is 0. The van der Waals surface area contributed by atoms with Crippen molar-refractivity contribution < 1.29 is 4.74 Å². The number of rotatable bonds is 16. The van der Waals surface area contributed by atoms with Crippen molar-refractivity contribution >= 4 is 0 Å². The number of hydrogen-bond acceptors (Lipinski definition) is 1. The van der Waals surface area contributed by atoms with Gasteiger partial charge in [0.1, 0.15) is 0 Å². The molecule has 8 aliphatic carbocycles. The van der Waals surface area contributed by atoms with Crippen molar-refractivity contribution in [2.45, 2.75) is 223 Å². The molecular formula is C58H98O. The van der Waals surface area contributed by atoms with Crippen molar-refractivity contribution in [2.24, 2.45) is 105 Å². The summed E-state index contributed by atoms with van der Waals surface area (Å²) >= 11 is 0. The Hall–Kier alpha value is -0.560. The summed E-state index contributed by atoms with van der Waals surface area (Å²) in [5.41, 5.74) is 5.91. The zero-order valence-electron chi connectivity index (χ0n) is 41.0. The van der Waals surface area contributed by atoms with E-state index >= 15 is 0 Å². The van der Waals surface area contributed by atoms with Crippen LogP contribution >= 0.6 is 0 Å². The monoisotopic (exact) mass is 811 g/mol. The normalized spacial score (nSPS) is 45.1. The second-order valence-electron chi connectivity index (χ2n) is 26.0. The molecule has 0 radical (unpaired) electrons. The van der Waals surface area contributed by atoms with Gasteiger partial charge >= 0.3 is 0 Å². The van der Waals surface area contributed by atoms with E-state index in [1.54, 1.807) is 0 Å². The van der Waals surface area contributed by atoms with Crippen molar-refractivity contribution in [3.8, 4) is 0 Å². The van der Waals surface area contributed by atoms with Gasteiger partial charge in [-0.05, 0) is 220 Å². The first kappa shape index (κ1) is 45.0. The van der Waals surface area contributed by atoms with Gasteiger partial charge in [-0.2, -0.15) is 0 Å². The van der Waals surface area contributed by atoms with Crippen LogP contribution in [0.1, 0.15) is 223 Å². The molecule has 6 saturated carbocycles. The molecule has 0 N–H and O–H groups in total. The van der Waals surface area contributed by atoms with Crippen molar-refractivity contribution in [1.82, 2.24) is 0 Å². The number of hydrogen-bond donors (Lipinski definition) is 0. The highest BCUT2D eigenvalue weighted by Gasteiger charge is 2.61. The standard InChI is InChI=1S/C58H98O/c1-39(2)14-11-16-41(5)49-23-25-51-47-21-19-45-36-43(27-31-55(45,7)53(47)29-33-57(49,51)9)18-13-35-59-38-44-28-32-56(8)46(37-44)20-22-48-52-26-24-50(42(6)17-12-15-40(3)4)58(52,10)34-30-54(48)56/h19-20,39-44,47-54H,11-18,21-38H2,1-10H3. The fourth-order valence-corrected chi connectivity index (χ4v) is 18.6. The third-order valence-electron chi connectivity index (χ3n) is 22.1. The summed E-state index contributed by atoms with van der Waals surface area (Å²) in [5, 5.41) is 0. The maximum Gasteiger partial charge on any atom is 0.0497 e. The fraction of sp³-hybridized carbons (Fsp3) is 0.931. The van der Waals surface area contributed by atoms with Crippen molar-refractivity contribution in [1.29, 1.82) is 0 Å². The van der Waals surface area contributed by atoms with Crippen molar-refractivity contribution in [2.75, 3.05) is 13.2 Å². The summed E-state index contributed by atoms with van der Waals surface area (Å²) in [6.07, 6.45) is 40.3. The van der Waals surface area contributed by atoms with Gasteiger partial charge in [0.15, 0.2) is 0 Å². The van der Waals surface area contributed by atoms with Crippen LogP contribution in [0.4, 0.5) is 0 Å². The third-order valence-corrected chi connectivity index (χ3v) is 22.1. The van der Waals surface area contributed by atoms with Crippen LogP contribution in [-0.4, -0.2) is 13.2 Å². The molecule has 8 rings (SSSR count). The zero-order chi connectivity index (χ0) is 41.7. The van der Waals surface area contributed by atoms with Gasteiger partial charge in [-0.15, -0.1) is 0 Å². The summed E-state index contributed by atoms with van der Waals surface area (Å²) in [4.78, 5) is 0. The molecular weight excluding hydrogens is 713 g/mol. The van der Waals surface area contributed by atoms with E-state index < -0.39 is 0 Å². The molecule has 0 saturated heterocycles. The minimum atomic E-state index is 0.466. The van der Waals surface area contributed by atoms with E-state index in [0.29, 0.717) is 21.7 Å². The van der Waals surface area contributed by atoms with Crippen LogP contribution in [0.2, 0.25) is 0 Å². The Morgan fingerprint density at radius 1 is 0.525 bits per heavy atom. The van der Waals surface area contributed by atoms with E-state index in [0.717, 1.165) is 96.1 Å². The smallest absolute Gasteiger partial charge is 0.0497 e. The van der Waals surface area contributed by atoms with Crippen LogP contribution in [0.3, 0.4) is 0 Å². The van der Waals surface area contributed by atoms with Crippen LogP contribution in [0.15, 0.2) is 23.3 Å². The SMILES string of the molecule is CC(C)CCCC(C)C1CCC2C3CC=C4CC(CCCOCC5CCC6(C)C(=CCC7C6CCC6(C)C(C(C)CCCC(C)C)CCC76)C5)CCC4(C)C3CCC12C. The molecule has 6 fully saturated rings. The van der Waals surface area contributed by atoms with Gasteiger partial charge in [0.25, 0.3) is 0 Å². The lowest BCUT2D eigenvalue weighted by Gasteiger charge is -2.58. The Bertz CT molecular complexity index is 1360. The highest BCUT2D eigenvalue weighted by Crippen LogP contribution is 2.69. The van der Waals surface area contributed by atoms with Gasteiger partial charge in [-0.1, -0.05) is 131 Å². The molecule has 0 aromatic rings. The fourth-order valence-electron chi connectivity index (χ4n) is 18.6. The molecule has 1 nitrogen and oxygen atoms in total. The molecule has 1 heteroatoms. The molecule has 0 spiro atoms. The molecule has 0 aliphatic heterocycles. The van der Waals surface area contributed by atoms with Gasteiger partial charge in [-0.3, -0.25) is 0 Å². The Kier molecular flexibility index (Phi) is 13.8. The average molecular weight is 811 g/mol. The van der Waals surface area contributed by atoms with Gasteiger partial charge in [0.05, 0.1) is 0 Å². The first-order valence-corrected chi connectivity index (χ1v) is 27.1. The van der Waals surface area contributed by atoms with Crippen LogP contribution in [0, 0.1) is 105 Å². The van der Waals surface area contributed by atoms with E-state index in [9.17, 15) is 0 Å². The lowest BCUT2D eigenvalue weighted by Crippen LogP contribution is -2.50. The van der Waals surface area contributed by atoms with Gasteiger partial charge < -0.3 is 4.74 Å². The van der Waals surface area contributed by atoms with Crippen LogP contribution < -0.4 is 0 Å². The molecule has 0 amide bonds. The summed E-state index contributed by atoms with van der Waals surface area (Å²) in [6.45, 7) is 27.9. The molecule has 0 aromatic heterocycles. The van der Waals surface area contributed by atoms with E-state index in [1.165, 1.54) is 154 Å². The Morgan fingerprint density at radius 3 is 1.49 bits per heavy atom. The van der Waals surface area contributed by atoms with E-state index in [2.05, 4.69) is 81.4 Å². The third kappa shape index (κ3) is 8.58. The van der Waals surface area contributed by atoms with Gasteiger partial charge in [0.2, 0.25) is 0 Å². The van der Waals surface area contributed by atoms with Crippen molar-refractivity contribution in [3.05, 3.63) is 23.3 Å². The minimum absolute atomic E-state index is 0.466. The quantitative estimate of drug-likeness (QED) is 0.111. The van der Waals surface area contributed by atoms with Crippen molar-refractivity contribution in [3.63, 3.8) is 0 Å². The maximum absolute atomic E-state index is 6.59. The molecule has 0 aromatic carbocycles. The topological polar surface area (TPSA) is 9.23 Å². The summed E-state index contributed by atoms with van der Waals surface area (Å²) in [6, 6.07) is 0. The second kappa shape index (κ2) is 18.1. The molecule has 16 unspecified atom stereocenters. The largest absolute Gasteiger partial charge is 0.381 e. The number of fused-ring (bicyclic) bond motifs is 10.